The van der Waals surface area contributed by atoms with Gasteiger partial charge in [-0.1, -0.05) is 13.0 Å². The van der Waals surface area contributed by atoms with Crippen LogP contribution >= 0.6 is 0 Å². The molecule has 4 nitrogen and oxygen atoms in total. The lowest BCUT2D eigenvalue weighted by molar-refractivity contribution is -0.138. The van der Waals surface area contributed by atoms with E-state index in [-0.39, 0.29) is 0 Å². The van der Waals surface area contributed by atoms with Crippen LogP contribution in [-0.4, -0.2) is 16.1 Å². The van der Waals surface area contributed by atoms with Crippen LogP contribution in [0.3, 0.4) is 0 Å². The van der Waals surface area contributed by atoms with E-state index in [1.54, 1.807) is 12.3 Å². The molecule has 1 atom stereocenters. The maximum atomic E-state index is 10.5. The number of hydrogen-bond acceptors (Lipinski definition) is 3. The molecule has 0 saturated heterocycles. The summed E-state index contributed by atoms with van der Waals surface area (Å²) in [7, 11) is 0. The summed E-state index contributed by atoms with van der Waals surface area (Å²) < 4.78 is 0. The zero-order chi connectivity index (χ0) is 9.84. The van der Waals surface area contributed by atoms with Crippen molar-refractivity contribution < 1.29 is 9.90 Å². The molecule has 0 radical (unpaired) electrons. The van der Waals surface area contributed by atoms with Gasteiger partial charge in [-0.05, 0) is 17.5 Å². The Labute approximate surface area is 76.4 Å². The number of carboxylic acids is 1. The third kappa shape index (κ3) is 2.26. The second-order valence-corrected chi connectivity index (χ2v) is 2.80. The molecule has 0 fully saturated rings. The Bertz CT molecular complexity index is 312. The van der Waals surface area contributed by atoms with Crippen molar-refractivity contribution >= 4 is 5.97 Å². The lowest BCUT2D eigenvalue weighted by atomic mass is 10.1. The lowest BCUT2D eigenvalue weighted by Gasteiger charge is -2.06. The van der Waals surface area contributed by atoms with Gasteiger partial charge >= 0.3 is 5.97 Å². The van der Waals surface area contributed by atoms with E-state index in [0.29, 0.717) is 5.56 Å². The number of aliphatic carboxylic acids is 1. The Kier molecular flexibility index (Phi) is 2.97. The first-order valence-corrected chi connectivity index (χ1v) is 4.07. The quantitative estimate of drug-likeness (QED) is 0.718. The van der Waals surface area contributed by atoms with Crippen molar-refractivity contribution in [3.05, 3.63) is 29.6 Å². The van der Waals surface area contributed by atoms with Gasteiger partial charge in [0.05, 0.1) is 0 Å². The van der Waals surface area contributed by atoms with Gasteiger partial charge in [0.1, 0.15) is 6.04 Å². The molecule has 0 saturated carbocycles. The first kappa shape index (κ1) is 9.67. The molecule has 13 heavy (non-hydrogen) atoms. The molecule has 0 aliphatic carbocycles. The number of carbonyl (C=O) groups is 1. The smallest absolute Gasteiger partial charge is 0.325 e. The zero-order valence-corrected chi connectivity index (χ0v) is 7.40. The summed E-state index contributed by atoms with van der Waals surface area (Å²) in [5.74, 6) is -1.03. The number of aryl methyl sites for hydroxylation is 1. The zero-order valence-electron chi connectivity index (χ0n) is 7.40. The van der Waals surface area contributed by atoms with Crippen molar-refractivity contribution in [2.75, 3.05) is 0 Å². The fourth-order valence-corrected chi connectivity index (χ4v) is 1.01. The Hall–Kier alpha value is -1.42. The van der Waals surface area contributed by atoms with Crippen LogP contribution in [0.15, 0.2) is 18.5 Å². The number of aromatic nitrogens is 1. The molecule has 1 aromatic rings. The van der Waals surface area contributed by atoms with E-state index >= 15 is 0 Å². The van der Waals surface area contributed by atoms with Crippen molar-refractivity contribution in [1.82, 2.24) is 4.98 Å². The summed E-state index contributed by atoms with van der Waals surface area (Å²) in [6, 6.07) is 0.796. The van der Waals surface area contributed by atoms with Crippen molar-refractivity contribution in [2.24, 2.45) is 5.73 Å². The minimum absolute atomic E-state index is 0.548. The molecule has 0 aliphatic heterocycles. The van der Waals surface area contributed by atoms with E-state index in [2.05, 4.69) is 4.98 Å². The van der Waals surface area contributed by atoms with E-state index < -0.39 is 12.0 Å². The van der Waals surface area contributed by atoms with E-state index in [9.17, 15) is 4.79 Å². The van der Waals surface area contributed by atoms with Gasteiger partial charge in [-0.25, -0.2) is 0 Å². The highest BCUT2D eigenvalue weighted by atomic mass is 16.4. The van der Waals surface area contributed by atoms with Crippen molar-refractivity contribution in [3.63, 3.8) is 0 Å². The number of pyridine rings is 1. The summed E-state index contributed by atoms with van der Waals surface area (Å²) in [4.78, 5) is 14.5. The van der Waals surface area contributed by atoms with Gasteiger partial charge in [0, 0.05) is 12.4 Å². The number of nitrogens with zero attached hydrogens (tertiary/aromatic N) is 1. The number of hydrogen-bond donors (Lipinski definition) is 2. The standard InChI is InChI=1S/C9H12N2O2/c1-2-6-3-7(5-11-4-6)8(10)9(12)13/h3-5,8H,2,10H2,1H3,(H,12,13). The molecule has 70 valence electrons. The Morgan fingerprint density at radius 2 is 2.38 bits per heavy atom. The normalized spacial score (nSPS) is 12.5. The fraction of sp³-hybridized carbons (Fsp3) is 0.333. The highest BCUT2D eigenvalue weighted by molar-refractivity contribution is 5.75. The van der Waals surface area contributed by atoms with Crippen LogP contribution in [0.25, 0.3) is 0 Å². The Morgan fingerprint density at radius 1 is 1.69 bits per heavy atom. The van der Waals surface area contributed by atoms with E-state index in [1.165, 1.54) is 6.20 Å². The largest absolute Gasteiger partial charge is 0.480 e. The van der Waals surface area contributed by atoms with Gasteiger partial charge < -0.3 is 10.8 Å². The molecular weight excluding hydrogens is 168 g/mol. The van der Waals surface area contributed by atoms with E-state index in [1.807, 2.05) is 6.92 Å². The van der Waals surface area contributed by atoms with Gasteiger partial charge in [0.15, 0.2) is 0 Å². The highest BCUT2D eigenvalue weighted by Crippen LogP contribution is 2.11. The number of carboxylic acid groups (broad SMARTS) is 1. The van der Waals surface area contributed by atoms with Gasteiger partial charge in [0.25, 0.3) is 0 Å². The fourth-order valence-electron chi connectivity index (χ4n) is 1.01. The Balaban J connectivity index is 2.94. The van der Waals surface area contributed by atoms with Crippen molar-refractivity contribution in [2.45, 2.75) is 19.4 Å². The predicted octanol–water partition coefficient (Wildman–Crippen LogP) is 0.728. The number of rotatable bonds is 3. The summed E-state index contributed by atoms with van der Waals surface area (Å²) in [5, 5.41) is 8.65. The molecule has 0 amide bonds. The van der Waals surface area contributed by atoms with Crippen LogP contribution in [0.2, 0.25) is 0 Å². The van der Waals surface area contributed by atoms with E-state index in [0.717, 1.165) is 12.0 Å². The predicted molar refractivity (Wildman–Crippen MR) is 48.2 cm³/mol. The molecular formula is C9H12N2O2. The minimum atomic E-state index is -1.03. The number of nitrogens with two attached hydrogens (primary N) is 1. The molecule has 0 aliphatic rings. The SMILES string of the molecule is CCc1cncc(C(N)C(=O)O)c1. The van der Waals surface area contributed by atoms with Crippen LogP contribution in [0.1, 0.15) is 24.1 Å². The maximum absolute atomic E-state index is 10.5. The summed E-state index contributed by atoms with van der Waals surface area (Å²) in [6.07, 6.45) is 4.02. The molecule has 1 heterocycles. The van der Waals surface area contributed by atoms with Gasteiger partial charge in [0.2, 0.25) is 0 Å². The summed E-state index contributed by atoms with van der Waals surface area (Å²) in [5.41, 5.74) is 6.96. The molecule has 0 bridgehead atoms. The molecule has 1 unspecified atom stereocenters. The van der Waals surface area contributed by atoms with E-state index in [4.69, 9.17) is 10.8 Å². The second kappa shape index (κ2) is 4.00. The molecule has 1 rings (SSSR count). The van der Waals surface area contributed by atoms with Gasteiger partial charge in [-0.15, -0.1) is 0 Å². The maximum Gasteiger partial charge on any atom is 0.325 e. The monoisotopic (exact) mass is 180 g/mol. The molecule has 0 spiro atoms. The third-order valence-electron chi connectivity index (χ3n) is 1.85. The first-order chi connectivity index (χ1) is 6.15. The summed E-state index contributed by atoms with van der Waals surface area (Å²) in [6.45, 7) is 1.98. The van der Waals surface area contributed by atoms with Gasteiger partial charge in [-0.3, -0.25) is 9.78 Å². The van der Waals surface area contributed by atoms with Crippen LogP contribution in [0.5, 0.6) is 0 Å². The van der Waals surface area contributed by atoms with Crippen LogP contribution < -0.4 is 5.73 Å². The van der Waals surface area contributed by atoms with Gasteiger partial charge in [-0.2, -0.15) is 0 Å². The molecule has 0 aromatic carbocycles. The average molecular weight is 180 g/mol. The van der Waals surface area contributed by atoms with Crippen molar-refractivity contribution in [1.29, 1.82) is 0 Å². The molecule has 3 N–H and O–H groups in total. The summed E-state index contributed by atoms with van der Waals surface area (Å²) >= 11 is 0. The van der Waals surface area contributed by atoms with Crippen LogP contribution in [0, 0.1) is 0 Å². The average Bonchev–Trinajstić information content (AvgIpc) is 2.16. The lowest BCUT2D eigenvalue weighted by Crippen LogP contribution is -2.20. The highest BCUT2D eigenvalue weighted by Gasteiger charge is 2.14. The minimum Gasteiger partial charge on any atom is -0.480 e. The third-order valence-corrected chi connectivity index (χ3v) is 1.85. The molecule has 4 heteroatoms. The Morgan fingerprint density at radius 3 is 2.92 bits per heavy atom. The van der Waals surface area contributed by atoms with Crippen molar-refractivity contribution in [3.8, 4) is 0 Å². The molecule has 1 aromatic heterocycles. The van der Waals surface area contributed by atoms with Crippen LogP contribution in [-0.2, 0) is 11.2 Å². The second-order valence-electron chi connectivity index (χ2n) is 2.80. The topological polar surface area (TPSA) is 76.2 Å². The first-order valence-electron chi connectivity index (χ1n) is 4.07. The van der Waals surface area contributed by atoms with Crippen LogP contribution in [0.4, 0.5) is 0 Å².